The van der Waals surface area contributed by atoms with Crippen molar-refractivity contribution in [3.63, 3.8) is 0 Å². The molecule has 2 N–H and O–H groups in total. The van der Waals surface area contributed by atoms with Gasteiger partial charge in [-0.2, -0.15) is 0 Å². The van der Waals surface area contributed by atoms with E-state index in [-0.39, 0.29) is 21.7 Å². The van der Waals surface area contributed by atoms with Crippen LogP contribution in [0, 0.1) is 0 Å². The molecule has 0 saturated carbocycles. The Morgan fingerprint density at radius 3 is 2.39 bits per heavy atom. The number of anilines is 1. The number of benzene rings is 2. The van der Waals surface area contributed by atoms with Gasteiger partial charge < -0.3 is 5.32 Å². The lowest BCUT2D eigenvalue weighted by Gasteiger charge is -2.09. The molecule has 3 rings (SSSR count). The first kappa shape index (κ1) is 22.7. The molecule has 0 bridgehead atoms. The van der Waals surface area contributed by atoms with Crippen LogP contribution in [0.1, 0.15) is 22.5 Å². The molecule has 0 saturated heterocycles. The lowest BCUT2D eigenvalue weighted by molar-refractivity contribution is -0.115. The summed E-state index contributed by atoms with van der Waals surface area (Å²) >= 11 is 6.44. The zero-order valence-corrected chi connectivity index (χ0v) is 19.1. The topological polar surface area (TPSA) is 101 Å². The fourth-order valence-electron chi connectivity index (χ4n) is 2.53. The zero-order chi connectivity index (χ0) is 22.3. The van der Waals surface area contributed by atoms with Gasteiger partial charge in [0.25, 0.3) is 0 Å². The first-order valence-corrected chi connectivity index (χ1v) is 12.2. The maximum atomic E-state index is 12.6. The molecule has 0 unspecified atom stereocenters. The van der Waals surface area contributed by atoms with Crippen molar-refractivity contribution in [2.75, 3.05) is 5.32 Å². The molecule has 3 aromatic rings. The van der Waals surface area contributed by atoms with Crippen LogP contribution in [0.25, 0.3) is 6.08 Å². The van der Waals surface area contributed by atoms with Crippen LogP contribution >= 0.6 is 23.6 Å². The Morgan fingerprint density at radius 2 is 1.74 bits per heavy atom. The Bertz CT molecular complexity index is 1190. The number of hydrogen-bond donors (Lipinski definition) is 2. The summed E-state index contributed by atoms with van der Waals surface area (Å²) < 4.78 is 25.2. The Hall–Kier alpha value is -2.95. The number of rotatable bonds is 7. The van der Waals surface area contributed by atoms with E-state index in [2.05, 4.69) is 20.8 Å². The number of aromatic nitrogens is 2. The molecule has 0 radical (unpaired) electrons. The molecule has 160 valence electrons. The number of thiocarbonyl (C=S) groups is 1. The largest absolute Gasteiger partial charge is 0.332 e. The van der Waals surface area contributed by atoms with Crippen molar-refractivity contribution < 1.29 is 13.2 Å². The molecule has 0 fully saturated rings. The summed E-state index contributed by atoms with van der Waals surface area (Å²) in [4.78, 5) is 12.2. The maximum absolute atomic E-state index is 12.6. The first-order chi connectivity index (χ1) is 14.9. The van der Waals surface area contributed by atoms with Gasteiger partial charge in [0.05, 0.1) is 4.90 Å². The molecule has 10 heteroatoms. The van der Waals surface area contributed by atoms with Crippen LogP contribution in [0.15, 0.2) is 65.6 Å². The minimum atomic E-state index is -3.54. The Kier molecular flexibility index (Phi) is 7.61. The summed E-state index contributed by atoms with van der Waals surface area (Å²) in [5.74, 6) is -0.566. The Labute approximate surface area is 190 Å². The van der Waals surface area contributed by atoms with Crippen molar-refractivity contribution in [2.45, 2.75) is 24.0 Å². The van der Waals surface area contributed by atoms with Crippen LogP contribution in [0.3, 0.4) is 0 Å². The fourth-order valence-corrected chi connectivity index (χ4v) is 5.13. The average Bonchev–Trinajstić information content (AvgIpc) is 3.20. The van der Waals surface area contributed by atoms with Gasteiger partial charge in [-0.3, -0.25) is 10.1 Å². The van der Waals surface area contributed by atoms with Gasteiger partial charge >= 0.3 is 0 Å². The first-order valence-electron chi connectivity index (χ1n) is 9.35. The standard InChI is InChI=1S/C21H20N4O3S3/c1-2-19-24-25-20(30-19)14-31(27,28)17-11-9-16(10-12-17)22-21(29)23-18(26)13-8-15-6-4-3-5-7-15/h3-13H,2,14H2,1H3,(H2,22,23,26,29)/b13-8+. The van der Waals surface area contributed by atoms with Crippen molar-refractivity contribution in [1.82, 2.24) is 15.5 Å². The van der Waals surface area contributed by atoms with Gasteiger partial charge in [0.1, 0.15) is 15.8 Å². The molecule has 1 heterocycles. The van der Waals surface area contributed by atoms with Crippen LogP contribution in [0.5, 0.6) is 0 Å². The smallest absolute Gasteiger partial charge is 0.250 e. The minimum absolute atomic E-state index is 0.110. The van der Waals surface area contributed by atoms with Crippen molar-refractivity contribution in [1.29, 1.82) is 0 Å². The molecule has 0 aliphatic rings. The molecule has 1 amide bonds. The third-order valence-electron chi connectivity index (χ3n) is 4.06. The van der Waals surface area contributed by atoms with E-state index in [1.807, 2.05) is 37.3 Å². The maximum Gasteiger partial charge on any atom is 0.250 e. The van der Waals surface area contributed by atoms with Gasteiger partial charge in [-0.1, -0.05) is 37.3 Å². The van der Waals surface area contributed by atoms with Crippen LogP contribution in [0.4, 0.5) is 5.69 Å². The number of hydrogen-bond acceptors (Lipinski definition) is 7. The van der Waals surface area contributed by atoms with E-state index in [9.17, 15) is 13.2 Å². The van der Waals surface area contributed by atoms with Crippen molar-refractivity contribution in [3.8, 4) is 0 Å². The molecule has 1 aromatic heterocycles. The second-order valence-corrected chi connectivity index (χ2v) is 9.96. The molecule has 31 heavy (non-hydrogen) atoms. The lowest BCUT2D eigenvalue weighted by Crippen LogP contribution is -2.32. The van der Waals surface area contributed by atoms with Crippen LogP contribution in [0.2, 0.25) is 0 Å². The summed E-state index contributed by atoms with van der Waals surface area (Å²) in [5, 5.41) is 14.7. The van der Waals surface area contributed by atoms with E-state index >= 15 is 0 Å². The quantitative estimate of drug-likeness (QED) is 0.400. The van der Waals surface area contributed by atoms with Gasteiger partial charge in [0, 0.05) is 11.8 Å². The SMILES string of the molecule is CCc1nnc(CS(=O)(=O)c2ccc(NC(=S)NC(=O)/C=C/c3ccccc3)cc2)s1. The normalized spacial score (nSPS) is 11.4. The molecule has 0 spiro atoms. The fraction of sp³-hybridized carbons (Fsp3) is 0.143. The predicted octanol–water partition coefficient (Wildman–Crippen LogP) is 3.60. The van der Waals surface area contributed by atoms with Crippen molar-refractivity contribution in [3.05, 3.63) is 76.3 Å². The van der Waals surface area contributed by atoms with E-state index in [0.29, 0.717) is 10.7 Å². The molecular weight excluding hydrogens is 452 g/mol. The summed E-state index contributed by atoms with van der Waals surface area (Å²) in [6, 6.07) is 15.6. The minimum Gasteiger partial charge on any atom is -0.332 e. The van der Waals surface area contributed by atoms with Crippen LogP contribution < -0.4 is 10.6 Å². The van der Waals surface area contributed by atoms with Crippen LogP contribution in [-0.4, -0.2) is 29.6 Å². The summed E-state index contributed by atoms with van der Waals surface area (Å²) in [6.45, 7) is 1.94. The number of nitrogens with one attached hydrogen (secondary N) is 2. The molecule has 0 atom stereocenters. The van der Waals surface area contributed by atoms with E-state index in [1.54, 1.807) is 18.2 Å². The predicted molar refractivity (Wildman–Crippen MR) is 126 cm³/mol. The molecule has 7 nitrogen and oxygen atoms in total. The average molecular weight is 473 g/mol. The van der Waals surface area contributed by atoms with Gasteiger partial charge in [-0.25, -0.2) is 8.42 Å². The summed E-state index contributed by atoms with van der Waals surface area (Å²) in [5.41, 5.74) is 1.45. The molecule has 0 aliphatic carbocycles. The monoisotopic (exact) mass is 472 g/mol. The summed E-state index contributed by atoms with van der Waals surface area (Å²) in [7, 11) is -3.54. The molecular formula is C21H20N4O3S3. The zero-order valence-electron chi connectivity index (χ0n) is 16.6. The summed E-state index contributed by atoms with van der Waals surface area (Å²) in [6.07, 6.45) is 3.78. The van der Waals surface area contributed by atoms with E-state index in [4.69, 9.17) is 12.2 Å². The van der Waals surface area contributed by atoms with Crippen molar-refractivity contribution in [2.24, 2.45) is 0 Å². The lowest BCUT2D eigenvalue weighted by atomic mass is 10.2. The molecule has 0 aliphatic heterocycles. The molecule has 2 aromatic carbocycles. The van der Waals surface area contributed by atoms with Gasteiger partial charge in [-0.15, -0.1) is 21.5 Å². The number of sulfone groups is 1. The second-order valence-electron chi connectivity index (χ2n) is 6.41. The number of carbonyl (C=O) groups excluding carboxylic acids is 1. The second kappa shape index (κ2) is 10.4. The highest BCUT2D eigenvalue weighted by atomic mass is 32.2. The third kappa shape index (κ3) is 6.78. The number of amides is 1. The van der Waals surface area contributed by atoms with Gasteiger partial charge in [-0.05, 0) is 54.5 Å². The number of aryl methyl sites for hydroxylation is 1. The van der Waals surface area contributed by atoms with Gasteiger partial charge in [0.15, 0.2) is 14.9 Å². The highest BCUT2D eigenvalue weighted by molar-refractivity contribution is 7.90. The van der Waals surface area contributed by atoms with E-state index < -0.39 is 9.84 Å². The van der Waals surface area contributed by atoms with E-state index in [1.165, 1.54) is 29.5 Å². The highest BCUT2D eigenvalue weighted by Gasteiger charge is 2.18. The number of nitrogens with zero attached hydrogens (tertiary/aromatic N) is 2. The van der Waals surface area contributed by atoms with Gasteiger partial charge in [0.2, 0.25) is 5.91 Å². The highest BCUT2D eigenvalue weighted by Crippen LogP contribution is 2.21. The Balaban J connectivity index is 1.56. The third-order valence-corrected chi connectivity index (χ3v) is 7.16. The Morgan fingerprint density at radius 1 is 1.06 bits per heavy atom. The van der Waals surface area contributed by atoms with Crippen LogP contribution in [-0.2, 0) is 26.8 Å². The number of carbonyl (C=O) groups is 1. The van der Waals surface area contributed by atoms with E-state index in [0.717, 1.165) is 17.0 Å². The van der Waals surface area contributed by atoms with Crippen molar-refractivity contribution >= 4 is 56.2 Å².